The van der Waals surface area contributed by atoms with E-state index in [0.29, 0.717) is 5.92 Å². The van der Waals surface area contributed by atoms with Crippen molar-refractivity contribution in [3.8, 4) is 0 Å². The fourth-order valence-electron chi connectivity index (χ4n) is 2.86. The zero-order chi connectivity index (χ0) is 12.3. The van der Waals surface area contributed by atoms with Crippen LogP contribution in [0.2, 0.25) is 0 Å². The van der Waals surface area contributed by atoms with Crippen molar-refractivity contribution in [2.45, 2.75) is 26.2 Å². The van der Waals surface area contributed by atoms with E-state index in [9.17, 15) is 4.79 Å². The minimum Gasteiger partial charge on any atom is -0.325 e. The van der Waals surface area contributed by atoms with E-state index in [2.05, 4.69) is 12.2 Å². The Kier molecular flexibility index (Phi) is 6.22. The maximum Gasteiger partial charge on any atom is 0.320 e. The number of rotatable bonds is 2. The molecule has 2 rings (SSSR count). The van der Waals surface area contributed by atoms with Crippen LogP contribution < -0.4 is 5.32 Å². The van der Waals surface area contributed by atoms with Crippen molar-refractivity contribution in [3.63, 3.8) is 0 Å². The van der Waals surface area contributed by atoms with E-state index in [1.807, 2.05) is 16.8 Å². The van der Waals surface area contributed by atoms with Crippen LogP contribution >= 0.6 is 12.4 Å². The average Bonchev–Trinajstić information content (AvgIpc) is 2.78. The topological polar surface area (TPSA) is 35.6 Å². The average molecular weight is 276 g/mol. The Morgan fingerprint density at radius 3 is 2.39 bits per heavy atom. The summed E-state index contributed by atoms with van der Waals surface area (Å²) in [5, 5.41) is 3.20. The summed E-state index contributed by atoms with van der Waals surface area (Å²) in [5.74, 6) is 1.43. The van der Waals surface area contributed by atoms with E-state index in [4.69, 9.17) is 0 Å². The SMILES string of the molecule is CNCC1CCN(C(=O)N2CCC(C)CC2)C1.Cl. The standard InChI is InChI=1S/C13H25N3O.ClH/c1-11-3-6-15(7-4-11)13(17)16-8-5-12(10-16)9-14-2;/h11-12,14H,3-10H2,1-2H3;1H. The summed E-state index contributed by atoms with van der Waals surface area (Å²) in [4.78, 5) is 16.4. The van der Waals surface area contributed by atoms with Gasteiger partial charge in [0.15, 0.2) is 0 Å². The third-order valence-electron chi connectivity index (χ3n) is 4.10. The second-order valence-electron chi connectivity index (χ2n) is 5.61. The molecule has 0 saturated carbocycles. The third-order valence-corrected chi connectivity index (χ3v) is 4.10. The summed E-state index contributed by atoms with van der Waals surface area (Å²) < 4.78 is 0. The number of urea groups is 1. The van der Waals surface area contributed by atoms with E-state index in [1.54, 1.807) is 0 Å². The van der Waals surface area contributed by atoms with Crippen molar-refractivity contribution >= 4 is 18.4 Å². The quantitative estimate of drug-likeness (QED) is 0.834. The Hall–Kier alpha value is -0.480. The van der Waals surface area contributed by atoms with Gasteiger partial charge in [-0.3, -0.25) is 0 Å². The number of nitrogens with zero attached hydrogens (tertiary/aromatic N) is 2. The number of hydrogen-bond donors (Lipinski definition) is 1. The molecule has 0 aromatic rings. The second kappa shape index (κ2) is 7.19. The molecule has 1 N–H and O–H groups in total. The summed E-state index contributed by atoms with van der Waals surface area (Å²) in [6, 6.07) is 0.274. The fourth-order valence-corrected chi connectivity index (χ4v) is 2.86. The van der Waals surface area contributed by atoms with Gasteiger partial charge in [-0.25, -0.2) is 4.79 Å². The molecule has 0 aromatic heterocycles. The number of piperidine rings is 1. The number of halogens is 1. The van der Waals surface area contributed by atoms with E-state index >= 15 is 0 Å². The van der Waals surface area contributed by atoms with Crippen molar-refractivity contribution < 1.29 is 4.79 Å². The van der Waals surface area contributed by atoms with E-state index in [0.717, 1.165) is 45.1 Å². The molecule has 1 unspecified atom stereocenters. The van der Waals surface area contributed by atoms with Crippen molar-refractivity contribution in [2.24, 2.45) is 11.8 Å². The van der Waals surface area contributed by atoms with Crippen LogP contribution in [0, 0.1) is 11.8 Å². The maximum atomic E-state index is 12.3. The van der Waals surface area contributed by atoms with Gasteiger partial charge in [-0.2, -0.15) is 0 Å². The van der Waals surface area contributed by atoms with Gasteiger partial charge in [0.25, 0.3) is 0 Å². The first-order valence-corrected chi connectivity index (χ1v) is 6.89. The summed E-state index contributed by atoms with van der Waals surface area (Å²) in [5.41, 5.74) is 0. The smallest absolute Gasteiger partial charge is 0.320 e. The Labute approximate surface area is 116 Å². The number of carbonyl (C=O) groups is 1. The molecule has 0 aliphatic carbocycles. The van der Waals surface area contributed by atoms with Crippen molar-refractivity contribution in [2.75, 3.05) is 39.8 Å². The maximum absolute atomic E-state index is 12.3. The number of likely N-dealkylation sites (tertiary alicyclic amines) is 2. The molecule has 106 valence electrons. The van der Waals surface area contributed by atoms with Crippen molar-refractivity contribution in [1.29, 1.82) is 0 Å². The molecule has 1 atom stereocenters. The first-order chi connectivity index (χ1) is 8.20. The van der Waals surface area contributed by atoms with Crippen molar-refractivity contribution in [1.82, 2.24) is 15.1 Å². The molecule has 2 aliphatic rings. The number of amides is 2. The summed E-state index contributed by atoms with van der Waals surface area (Å²) in [6.45, 7) is 7.09. The zero-order valence-corrected chi connectivity index (χ0v) is 12.3. The minimum atomic E-state index is 0. The van der Waals surface area contributed by atoms with Crippen LogP contribution in [0.25, 0.3) is 0 Å². The van der Waals surface area contributed by atoms with Gasteiger partial charge in [-0.1, -0.05) is 6.92 Å². The lowest BCUT2D eigenvalue weighted by molar-refractivity contribution is 0.141. The summed E-state index contributed by atoms with van der Waals surface area (Å²) in [6.07, 6.45) is 3.48. The molecule has 2 fully saturated rings. The molecule has 2 saturated heterocycles. The van der Waals surface area contributed by atoms with Crippen LogP contribution in [-0.4, -0.2) is 55.6 Å². The van der Waals surface area contributed by atoms with Crippen LogP contribution in [0.3, 0.4) is 0 Å². The van der Waals surface area contributed by atoms with E-state index in [-0.39, 0.29) is 18.4 Å². The fraction of sp³-hybridized carbons (Fsp3) is 0.923. The van der Waals surface area contributed by atoms with Crippen LogP contribution in [0.15, 0.2) is 0 Å². The second-order valence-corrected chi connectivity index (χ2v) is 5.61. The number of hydrogen-bond acceptors (Lipinski definition) is 2. The predicted molar refractivity (Wildman–Crippen MR) is 76.2 cm³/mol. The molecule has 5 heteroatoms. The van der Waals surface area contributed by atoms with Gasteiger partial charge in [0.05, 0.1) is 0 Å². The van der Waals surface area contributed by atoms with Gasteiger partial charge in [0, 0.05) is 26.2 Å². The summed E-state index contributed by atoms with van der Waals surface area (Å²) in [7, 11) is 1.98. The Morgan fingerprint density at radius 2 is 1.78 bits per heavy atom. The van der Waals surface area contributed by atoms with Crippen LogP contribution in [0.1, 0.15) is 26.2 Å². The van der Waals surface area contributed by atoms with Gasteiger partial charge in [0.2, 0.25) is 0 Å². The molecule has 2 heterocycles. The van der Waals surface area contributed by atoms with Gasteiger partial charge >= 0.3 is 6.03 Å². The molecular formula is C13H26ClN3O. The highest BCUT2D eigenvalue weighted by atomic mass is 35.5. The van der Waals surface area contributed by atoms with E-state index < -0.39 is 0 Å². The highest BCUT2D eigenvalue weighted by Crippen LogP contribution is 2.21. The van der Waals surface area contributed by atoms with Crippen LogP contribution in [-0.2, 0) is 0 Å². The van der Waals surface area contributed by atoms with Gasteiger partial charge < -0.3 is 15.1 Å². The number of nitrogens with one attached hydrogen (secondary N) is 1. The van der Waals surface area contributed by atoms with Crippen LogP contribution in [0.4, 0.5) is 4.79 Å². The molecule has 0 radical (unpaired) electrons. The third kappa shape index (κ3) is 3.75. The lowest BCUT2D eigenvalue weighted by Crippen LogP contribution is -2.45. The molecule has 2 amide bonds. The summed E-state index contributed by atoms with van der Waals surface area (Å²) >= 11 is 0. The lowest BCUT2D eigenvalue weighted by Gasteiger charge is -2.33. The first kappa shape index (κ1) is 15.6. The Bertz CT molecular complexity index is 267. The van der Waals surface area contributed by atoms with E-state index in [1.165, 1.54) is 12.8 Å². The molecule has 0 bridgehead atoms. The largest absolute Gasteiger partial charge is 0.325 e. The van der Waals surface area contributed by atoms with Gasteiger partial charge in [0.1, 0.15) is 0 Å². The number of carbonyl (C=O) groups excluding carboxylic acids is 1. The molecule has 0 spiro atoms. The zero-order valence-electron chi connectivity index (χ0n) is 11.5. The highest BCUT2D eigenvalue weighted by molar-refractivity contribution is 5.85. The lowest BCUT2D eigenvalue weighted by atomic mass is 10.00. The monoisotopic (exact) mass is 275 g/mol. The minimum absolute atomic E-state index is 0. The Morgan fingerprint density at radius 1 is 1.17 bits per heavy atom. The molecular weight excluding hydrogens is 250 g/mol. The normalized spacial score (nSPS) is 25.1. The molecule has 4 nitrogen and oxygen atoms in total. The van der Waals surface area contributed by atoms with Crippen molar-refractivity contribution in [3.05, 3.63) is 0 Å². The predicted octanol–water partition coefficient (Wildman–Crippen LogP) is 1.80. The molecule has 18 heavy (non-hydrogen) atoms. The first-order valence-electron chi connectivity index (χ1n) is 6.89. The van der Waals surface area contributed by atoms with Crippen LogP contribution in [0.5, 0.6) is 0 Å². The Balaban J connectivity index is 0.00000162. The van der Waals surface area contributed by atoms with Gasteiger partial charge in [-0.15, -0.1) is 12.4 Å². The highest BCUT2D eigenvalue weighted by Gasteiger charge is 2.30. The van der Waals surface area contributed by atoms with Gasteiger partial charge in [-0.05, 0) is 44.7 Å². The molecule has 0 aromatic carbocycles. The molecule has 2 aliphatic heterocycles.